The molecule has 2 aliphatic heterocycles. The summed E-state index contributed by atoms with van der Waals surface area (Å²) in [6.07, 6.45) is 13.5. The molecule has 1 N–H and O–H groups in total. The van der Waals surface area contributed by atoms with Crippen molar-refractivity contribution in [3.63, 3.8) is 0 Å². The molecule has 0 spiro atoms. The second-order valence-corrected chi connectivity index (χ2v) is 8.14. The van der Waals surface area contributed by atoms with E-state index >= 15 is 0 Å². The number of ether oxygens (including phenoxy) is 1. The highest BCUT2D eigenvalue weighted by molar-refractivity contribution is 5.41. The monoisotopic (exact) mass is 383 g/mol. The van der Waals surface area contributed by atoms with Crippen LogP contribution in [-0.4, -0.2) is 40.8 Å². The van der Waals surface area contributed by atoms with Crippen molar-refractivity contribution in [2.75, 3.05) is 31.1 Å². The molecule has 4 heterocycles. The average Bonchev–Trinajstić information content (AvgIpc) is 2.98. The largest absolute Gasteiger partial charge is 0.370 e. The van der Waals surface area contributed by atoms with Gasteiger partial charge in [-0.2, -0.15) is 0 Å². The van der Waals surface area contributed by atoms with Gasteiger partial charge in [0.15, 0.2) is 0 Å². The van der Waals surface area contributed by atoms with Gasteiger partial charge in [-0.3, -0.25) is 0 Å². The Morgan fingerprint density at radius 1 is 1.11 bits per heavy atom. The maximum absolute atomic E-state index is 6.09. The van der Waals surface area contributed by atoms with Crippen molar-refractivity contribution < 1.29 is 4.74 Å². The lowest BCUT2D eigenvalue weighted by atomic mass is 9.93. The Bertz CT molecular complexity index is 738. The highest BCUT2D eigenvalue weighted by Gasteiger charge is 2.29. The Morgan fingerprint density at radius 3 is 2.75 bits per heavy atom. The van der Waals surface area contributed by atoms with E-state index in [1.54, 1.807) is 0 Å². The first-order valence-electron chi connectivity index (χ1n) is 10.8. The number of aromatic nitrogens is 3. The highest BCUT2D eigenvalue weighted by atomic mass is 16.5. The smallest absolute Gasteiger partial charge is 0.137 e. The van der Waals surface area contributed by atoms with E-state index in [4.69, 9.17) is 4.74 Å². The van der Waals surface area contributed by atoms with Gasteiger partial charge < -0.3 is 19.5 Å². The molecule has 0 bridgehead atoms. The van der Waals surface area contributed by atoms with Crippen LogP contribution in [0.1, 0.15) is 56.0 Å². The van der Waals surface area contributed by atoms with Crippen molar-refractivity contribution in [2.45, 2.75) is 51.2 Å². The summed E-state index contributed by atoms with van der Waals surface area (Å²) < 4.78 is 8.17. The summed E-state index contributed by atoms with van der Waals surface area (Å²) in [6, 6.07) is 4.38. The quantitative estimate of drug-likeness (QED) is 0.828. The van der Waals surface area contributed by atoms with Gasteiger partial charge in [0.2, 0.25) is 0 Å². The lowest BCUT2D eigenvalue weighted by molar-refractivity contribution is -0.0344. The van der Waals surface area contributed by atoms with E-state index in [1.807, 2.05) is 25.6 Å². The SMILES string of the molecule is Cn1ccnc1[C@@H]1OCCC[C@H]1CNCc1ccnc(N2CCCCCC2)c1. The minimum Gasteiger partial charge on any atom is -0.370 e. The molecule has 28 heavy (non-hydrogen) atoms. The summed E-state index contributed by atoms with van der Waals surface area (Å²) in [5.41, 5.74) is 1.31. The van der Waals surface area contributed by atoms with Crippen molar-refractivity contribution in [1.29, 1.82) is 0 Å². The molecule has 2 fully saturated rings. The van der Waals surface area contributed by atoms with Gasteiger partial charge >= 0.3 is 0 Å². The van der Waals surface area contributed by atoms with E-state index in [-0.39, 0.29) is 6.10 Å². The lowest BCUT2D eigenvalue weighted by Crippen LogP contribution is -2.33. The minimum atomic E-state index is 0.0892. The number of nitrogens with zero attached hydrogens (tertiary/aromatic N) is 4. The zero-order valence-electron chi connectivity index (χ0n) is 17.0. The van der Waals surface area contributed by atoms with Gasteiger partial charge in [0.1, 0.15) is 17.7 Å². The third-order valence-corrected chi connectivity index (χ3v) is 6.03. The number of rotatable bonds is 6. The number of aryl methyl sites for hydroxylation is 1. The van der Waals surface area contributed by atoms with Crippen LogP contribution < -0.4 is 10.2 Å². The Morgan fingerprint density at radius 2 is 1.96 bits per heavy atom. The van der Waals surface area contributed by atoms with Crippen LogP contribution in [0.3, 0.4) is 0 Å². The second kappa shape index (κ2) is 9.52. The fraction of sp³-hybridized carbons (Fsp3) is 0.636. The molecule has 0 saturated carbocycles. The number of nitrogens with one attached hydrogen (secondary N) is 1. The molecule has 0 unspecified atom stereocenters. The van der Waals surface area contributed by atoms with Gasteiger partial charge in [0, 0.05) is 64.3 Å². The second-order valence-electron chi connectivity index (χ2n) is 8.14. The summed E-state index contributed by atoms with van der Waals surface area (Å²) in [5.74, 6) is 2.63. The molecule has 152 valence electrons. The summed E-state index contributed by atoms with van der Waals surface area (Å²) in [5, 5.41) is 3.66. The first-order valence-corrected chi connectivity index (χ1v) is 10.8. The zero-order chi connectivity index (χ0) is 19.2. The molecule has 0 radical (unpaired) electrons. The van der Waals surface area contributed by atoms with Crippen LogP contribution in [0.2, 0.25) is 0 Å². The van der Waals surface area contributed by atoms with Crippen molar-refractivity contribution in [3.05, 3.63) is 42.1 Å². The average molecular weight is 384 g/mol. The molecule has 2 atom stereocenters. The molecule has 0 aliphatic carbocycles. The minimum absolute atomic E-state index is 0.0892. The van der Waals surface area contributed by atoms with Crippen molar-refractivity contribution in [2.24, 2.45) is 13.0 Å². The maximum Gasteiger partial charge on any atom is 0.137 e. The summed E-state index contributed by atoms with van der Waals surface area (Å²) >= 11 is 0. The Balaban J connectivity index is 1.34. The van der Waals surface area contributed by atoms with Gasteiger partial charge in [-0.25, -0.2) is 9.97 Å². The van der Waals surface area contributed by atoms with Crippen LogP contribution in [0.5, 0.6) is 0 Å². The van der Waals surface area contributed by atoms with Crippen LogP contribution in [0, 0.1) is 5.92 Å². The Kier molecular flexibility index (Phi) is 6.60. The molecular weight excluding hydrogens is 350 g/mol. The van der Waals surface area contributed by atoms with E-state index in [9.17, 15) is 0 Å². The highest BCUT2D eigenvalue weighted by Crippen LogP contribution is 2.32. The molecule has 2 aromatic rings. The fourth-order valence-corrected chi connectivity index (χ4v) is 4.43. The van der Waals surface area contributed by atoms with Crippen LogP contribution >= 0.6 is 0 Å². The third-order valence-electron chi connectivity index (χ3n) is 6.03. The molecule has 6 nitrogen and oxygen atoms in total. The van der Waals surface area contributed by atoms with Crippen LogP contribution in [0.25, 0.3) is 0 Å². The van der Waals surface area contributed by atoms with Gasteiger partial charge in [0.25, 0.3) is 0 Å². The molecule has 2 aliphatic rings. The molecule has 2 aromatic heterocycles. The lowest BCUT2D eigenvalue weighted by Gasteiger charge is -2.31. The van der Waals surface area contributed by atoms with Crippen molar-refractivity contribution in [3.8, 4) is 0 Å². The number of anilines is 1. The molecule has 6 heteroatoms. The molecule has 2 saturated heterocycles. The fourth-order valence-electron chi connectivity index (χ4n) is 4.43. The summed E-state index contributed by atoms with van der Waals surface area (Å²) in [4.78, 5) is 11.6. The van der Waals surface area contributed by atoms with Gasteiger partial charge in [-0.05, 0) is 43.4 Å². The number of hydrogen-bond acceptors (Lipinski definition) is 5. The Hall–Kier alpha value is -1.92. The first-order chi connectivity index (χ1) is 13.8. The maximum atomic E-state index is 6.09. The number of imidazole rings is 1. The van der Waals surface area contributed by atoms with E-state index in [0.29, 0.717) is 5.92 Å². The Labute approximate surface area is 168 Å². The van der Waals surface area contributed by atoms with Gasteiger partial charge in [-0.1, -0.05) is 12.8 Å². The number of hydrogen-bond donors (Lipinski definition) is 1. The normalized spacial score (nSPS) is 23.5. The van der Waals surface area contributed by atoms with Crippen LogP contribution in [-0.2, 0) is 18.3 Å². The van der Waals surface area contributed by atoms with Crippen LogP contribution in [0.4, 0.5) is 5.82 Å². The van der Waals surface area contributed by atoms with E-state index in [1.165, 1.54) is 37.7 Å². The van der Waals surface area contributed by atoms with Crippen LogP contribution in [0.15, 0.2) is 30.7 Å². The van der Waals surface area contributed by atoms with E-state index in [0.717, 1.165) is 50.8 Å². The number of pyridine rings is 1. The van der Waals surface area contributed by atoms with Gasteiger partial charge in [0.05, 0.1) is 0 Å². The first kappa shape index (κ1) is 19.4. The van der Waals surface area contributed by atoms with E-state index in [2.05, 4.69) is 36.9 Å². The standard InChI is InChI=1S/C22H33N5O/c1-26-13-10-25-22(26)21-19(7-6-14-28-21)17-23-16-18-8-9-24-20(15-18)27-11-4-2-3-5-12-27/h8-10,13,15,19,21,23H,2-7,11-12,14,16-17H2,1H3/t19-,21+/m0/s1. The third kappa shape index (κ3) is 4.73. The van der Waals surface area contributed by atoms with Crippen molar-refractivity contribution >= 4 is 5.82 Å². The molecular formula is C22H33N5O. The topological polar surface area (TPSA) is 55.2 Å². The predicted molar refractivity (Wildman–Crippen MR) is 111 cm³/mol. The predicted octanol–water partition coefficient (Wildman–Crippen LogP) is 3.45. The zero-order valence-corrected chi connectivity index (χ0v) is 17.0. The molecule has 0 aromatic carbocycles. The molecule has 4 rings (SSSR count). The molecule has 0 amide bonds. The summed E-state index contributed by atoms with van der Waals surface area (Å²) in [6.45, 7) is 4.91. The summed E-state index contributed by atoms with van der Waals surface area (Å²) in [7, 11) is 2.05. The van der Waals surface area contributed by atoms with Crippen molar-refractivity contribution in [1.82, 2.24) is 19.9 Å². The van der Waals surface area contributed by atoms with Gasteiger partial charge in [-0.15, -0.1) is 0 Å². The van der Waals surface area contributed by atoms with E-state index < -0.39 is 0 Å².